The van der Waals surface area contributed by atoms with Crippen LogP contribution >= 0.6 is 0 Å². The van der Waals surface area contributed by atoms with Gasteiger partial charge in [-0.25, -0.2) is 8.42 Å². The Labute approximate surface area is 163 Å². The molecule has 0 spiro atoms. The van der Waals surface area contributed by atoms with E-state index in [4.69, 9.17) is 28.9 Å². The van der Waals surface area contributed by atoms with Crippen LogP contribution in [0.5, 0.6) is 5.75 Å². The molecule has 0 amide bonds. The second kappa shape index (κ2) is 9.12. The van der Waals surface area contributed by atoms with Crippen LogP contribution in [0.4, 0.5) is 0 Å². The highest BCUT2D eigenvalue weighted by atomic mass is 32.2. The minimum absolute atomic E-state index is 0.0564. The Kier molecular flexibility index (Phi) is 6.86. The number of hydrogen-bond donors (Lipinski definition) is 2. The molecule has 0 saturated carbocycles. The molecule has 7 nitrogen and oxygen atoms in total. The third-order valence-corrected chi connectivity index (χ3v) is 3.59. The number of rotatable bonds is 4. The van der Waals surface area contributed by atoms with Gasteiger partial charge in [-0.15, -0.1) is 0 Å². The van der Waals surface area contributed by atoms with Crippen LogP contribution in [0.3, 0.4) is 0 Å². The molecule has 0 aliphatic heterocycles. The summed E-state index contributed by atoms with van der Waals surface area (Å²) in [6, 6.07) is 20.5. The molecule has 0 unspecified atom stereocenters. The lowest BCUT2D eigenvalue weighted by molar-refractivity contribution is -0.133. The molecule has 0 aromatic heterocycles. The predicted molar refractivity (Wildman–Crippen MR) is 106 cm³/mol. The molecule has 8 heteroatoms. The Morgan fingerprint density at radius 2 is 1.61 bits per heavy atom. The van der Waals surface area contributed by atoms with Crippen LogP contribution in [-0.2, 0) is 21.3 Å². The van der Waals surface area contributed by atoms with Gasteiger partial charge in [-0.3, -0.25) is 10.2 Å². The van der Waals surface area contributed by atoms with Gasteiger partial charge in [-0.05, 0) is 28.5 Å². The minimum atomic E-state index is -3.92. The maximum absolute atomic E-state index is 12.2. The topological polar surface area (TPSA) is 133 Å². The Hall–Kier alpha value is -3.23. The number of nitrogens with one attached hydrogen (secondary N) is 1. The first-order valence-electron chi connectivity index (χ1n) is 8.16. The van der Waals surface area contributed by atoms with Gasteiger partial charge in [0, 0.05) is 11.8 Å². The summed E-state index contributed by atoms with van der Waals surface area (Å²) in [6.07, 6.45) is 0.676. The number of nitrogens with two attached hydrogens (primary N) is 1. The molecule has 0 saturated heterocycles. The van der Waals surface area contributed by atoms with Crippen LogP contribution < -0.4 is 10.5 Å². The van der Waals surface area contributed by atoms with Crippen LogP contribution in [0, 0.1) is 5.41 Å². The molecule has 28 heavy (non-hydrogen) atoms. The number of hydrogen-bond acceptors (Lipinski definition) is 6. The van der Waals surface area contributed by atoms with Crippen molar-refractivity contribution in [3.05, 3.63) is 77.9 Å². The van der Waals surface area contributed by atoms with Crippen molar-refractivity contribution in [3.8, 4) is 5.75 Å². The van der Waals surface area contributed by atoms with Crippen molar-refractivity contribution in [2.24, 2.45) is 5.73 Å². The lowest BCUT2D eigenvalue weighted by Gasteiger charge is -2.09. The molecule has 0 aliphatic carbocycles. The van der Waals surface area contributed by atoms with Crippen LogP contribution in [-0.4, -0.2) is 31.0 Å². The van der Waals surface area contributed by atoms with Gasteiger partial charge in [0.25, 0.3) is 0 Å². The zero-order valence-corrected chi connectivity index (χ0v) is 15.9. The zero-order chi connectivity index (χ0) is 20.7. The van der Waals surface area contributed by atoms with Crippen molar-refractivity contribution in [3.63, 3.8) is 0 Å². The number of fused-ring (bicyclic) bond motifs is 1. The maximum atomic E-state index is 12.2. The molecule has 0 aliphatic rings. The van der Waals surface area contributed by atoms with Crippen LogP contribution in [0.2, 0.25) is 0 Å². The fourth-order valence-corrected chi connectivity index (χ4v) is 2.49. The van der Waals surface area contributed by atoms with Gasteiger partial charge in [0.15, 0.2) is 0 Å². The van der Waals surface area contributed by atoms with Crippen molar-refractivity contribution in [2.75, 3.05) is 6.26 Å². The summed E-state index contributed by atoms with van der Waals surface area (Å²) in [5.41, 5.74) is 6.78. The lowest BCUT2D eigenvalue weighted by atomic mass is 10.0. The number of esters is 1. The summed E-state index contributed by atoms with van der Waals surface area (Å²) >= 11 is 0. The number of carbonyl (C=O) groups is 1. The van der Waals surface area contributed by atoms with Crippen LogP contribution in [0.15, 0.2) is 66.7 Å². The zero-order valence-electron chi connectivity index (χ0n) is 15.1. The molecule has 3 N–H and O–H groups in total. The maximum Gasteiger partial charge on any atom is 0.315 e. The van der Waals surface area contributed by atoms with E-state index >= 15 is 0 Å². The van der Waals surface area contributed by atoms with Gasteiger partial charge in [-0.1, -0.05) is 54.6 Å². The summed E-state index contributed by atoms with van der Waals surface area (Å²) < 4.78 is 32.6. The van der Waals surface area contributed by atoms with Crippen molar-refractivity contribution in [2.45, 2.75) is 6.42 Å². The normalized spacial score (nSPS) is 10.6. The Morgan fingerprint density at radius 3 is 2.25 bits per heavy atom. The molecule has 0 heterocycles. The van der Waals surface area contributed by atoms with Crippen molar-refractivity contribution < 1.29 is 22.5 Å². The molecular formula is C20H19N2O5S-. The van der Waals surface area contributed by atoms with Crippen LogP contribution in [0.25, 0.3) is 10.8 Å². The average molecular weight is 399 g/mol. The second-order valence-corrected chi connectivity index (χ2v) is 7.34. The summed E-state index contributed by atoms with van der Waals surface area (Å²) in [5.74, 6) is 0.0714. The summed E-state index contributed by atoms with van der Waals surface area (Å²) in [7, 11) is -3.92. The number of amidine groups is 1. The first-order valence-corrected chi connectivity index (χ1v) is 9.98. The van der Waals surface area contributed by atoms with E-state index < -0.39 is 10.1 Å². The largest absolute Gasteiger partial charge is 0.748 e. The molecule has 0 fully saturated rings. The van der Waals surface area contributed by atoms with E-state index in [0.717, 1.165) is 10.8 Å². The van der Waals surface area contributed by atoms with Crippen molar-refractivity contribution in [1.29, 1.82) is 5.41 Å². The highest BCUT2D eigenvalue weighted by Crippen LogP contribution is 2.21. The Bertz CT molecular complexity index is 1100. The average Bonchev–Trinajstić information content (AvgIpc) is 2.60. The molecule has 3 aromatic carbocycles. The van der Waals surface area contributed by atoms with Crippen molar-refractivity contribution in [1.82, 2.24) is 0 Å². The molecule has 3 aromatic rings. The molecule has 3 rings (SSSR count). The highest BCUT2D eigenvalue weighted by Gasteiger charge is 2.11. The van der Waals surface area contributed by atoms with E-state index in [-0.39, 0.29) is 18.2 Å². The quantitative estimate of drug-likeness (QED) is 0.228. The fraction of sp³-hybridized carbons (Fsp3) is 0.100. The van der Waals surface area contributed by atoms with Gasteiger partial charge in [0.2, 0.25) is 0 Å². The van der Waals surface area contributed by atoms with E-state index in [1.807, 2.05) is 42.5 Å². The smallest absolute Gasteiger partial charge is 0.315 e. The van der Waals surface area contributed by atoms with Gasteiger partial charge in [0.1, 0.15) is 11.6 Å². The fourth-order valence-electron chi connectivity index (χ4n) is 2.49. The number of ether oxygens (including phenoxy) is 1. The van der Waals surface area contributed by atoms with Gasteiger partial charge in [0.05, 0.1) is 16.5 Å². The van der Waals surface area contributed by atoms with E-state index in [0.29, 0.717) is 23.1 Å². The van der Waals surface area contributed by atoms with Gasteiger partial charge < -0.3 is 15.0 Å². The number of nitrogen functional groups attached to an aromatic ring is 1. The monoisotopic (exact) mass is 399 g/mol. The van der Waals surface area contributed by atoms with Gasteiger partial charge in [-0.2, -0.15) is 0 Å². The summed E-state index contributed by atoms with van der Waals surface area (Å²) in [6.45, 7) is 0. The number of benzene rings is 3. The molecular weight excluding hydrogens is 380 g/mol. The first kappa shape index (κ1) is 21.1. The lowest BCUT2D eigenvalue weighted by Crippen LogP contribution is -2.17. The molecule has 0 radical (unpaired) electrons. The summed E-state index contributed by atoms with van der Waals surface area (Å²) in [4.78, 5) is 12.2. The third-order valence-electron chi connectivity index (χ3n) is 3.59. The molecule has 146 valence electrons. The predicted octanol–water partition coefficient (Wildman–Crippen LogP) is 2.43. The van der Waals surface area contributed by atoms with E-state index in [2.05, 4.69) is 0 Å². The van der Waals surface area contributed by atoms with Crippen molar-refractivity contribution >= 4 is 32.7 Å². The Morgan fingerprint density at radius 1 is 1.04 bits per heavy atom. The SMILES string of the molecule is CS(=O)(=O)[O-].N=C(N)c1ccccc1CC(=O)Oc1ccc2ccccc2c1. The van der Waals surface area contributed by atoms with Crippen LogP contribution in [0.1, 0.15) is 11.1 Å². The van der Waals surface area contributed by atoms with Gasteiger partial charge >= 0.3 is 5.97 Å². The standard InChI is InChI=1S/C19H16N2O2.CH4O3S/c20-19(21)17-8-4-3-7-15(17)12-18(22)23-16-10-9-13-5-1-2-6-14(13)11-16;1-5(2,3)4/h1-11H,12H2,(H3,20,21);1H3,(H,2,3,4)/p-1. The molecule has 0 bridgehead atoms. The first-order chi connectivity index (χ1) is 13.1. The van der Waals surface area contributed by atoms with E-state index in [1.54, 1.807) is 24.3 Å². The third kappa shape index (κ3) is 6.82. The molecule has 0 atom stereocenters. The number of carbonyl (C=O) groups excluding carboxylic acids is 1. The van der Waals surface area contributed by atoms with E-state index in [9.17, 15) is 4.79 Å². The Balaban J connectivity index is 0.000000500. The van der Waals surface area contributed by atoms with E-state index in [1.165, 1.54) is 0 Å². The highest BCUT2D eigenvalue weighted by molar-refractivity contribution is 7.84. The minimum Gasteiger partial charge on any atom is -0.748 e. The second-order valence-electron chi connectivity index (χ2n) is 5.93. The summed E-state index contributed by atoms with van der Waals surface area (Å²) in [5, 5.41) is 9.67.